The Morgan fingerprint density at radius 1 is 1.47 bits per heavy atom. The molecule has 0 saturated carbocycles. The number of aromatic nitrogens is 2. The molecule has 1 unspecified atom stereocenters. The first kappa shape index (κ1) is 12.0. The van der Waals surface area contributed by atoms with E-state index in [0.717, 1.165) is 23.5 Å². The predicted molar refractivity (Wildman–Crippen MR) is 67.0 cm³/mol. The summed E-state index contributed by atoms with van der Waals surface area (Å²) in [6.07, 6.45) is 2.23. The third-order valence-electron chi connectivity index (χ3n) is 3.17. The third kappa shape index (κ3) is 2.53. The minimum Gasteiger partial charge on any atom is -0.497 e. The van der Waals surface area contributed by atoms with Gasteiger partial charge in [0.05, 0.1) is 20.3 Å². The van der Waals surface area contributed by atoms with E-state index in [9.17, 15) is 0 Å². The zero-order valence-electron chi connectivity index (χ0n) is 10.6. The van der Waals surface area contributed by atoms with E-state index in [1.165, 1.54) is 6.39 Å². The maximum absolute atomic E-state index is 5.64. The van der Waals surface area contributed by atoms with Gasteiger partial charge in [0.1, 0.15) is 11.5 Å². The van der Waals surface area contributed by atoms with Crippen molar-refractivity contribution in [2.45, 2.75) is 19.0 Å². The predicted octanol–water partition coefficient (Wildman–Crippen LogP) is 1.69. The zero-order chi connectivity index (χ0) is 13.1. The summed E-state index contributed by atoms with van der Waals surface area (Å²) in [4.78, 5) is 3.99. The molecule has 0 bridgehead atoms. The monoisotopic (exact) mass is 261 g/mol. The number of ether oxygens (including phenoxy) is 2. The highest BCUT2D eigenvalue weighted by Crippen LogP contribution is 2.34. The lowest BCUT2D eigenvalue weighted by Gasteiger charge is -2.26. The summed E-state index contributed by atoms with van der Waals surface area (Å²) in [5.74, 6) is 2.38. The molecule has 0 radical (unpaired) electrons. The van der Waals surface area contributed by atoms with E-state index < -0.39 is 0 Å². The third-order valence-corrected chi connectivity index (χ3v) is 3.17. The minimum atomic E-state index is 0.206. The molecule has 0 spiro atoms. The second-order valence-electron chi connectivity index (χ2n) is 4.32. The summed E-state index contributed by atoms with van der Waals surface area (Å²) < 4.78 is 15.6. The van der Waals surface area contributed by atoms with Crippen molar-refractivity contribution in [2.75, 3.05) is 13.7 Å². The highest BCUT2D eigenvalue weighted by molar-refractivity contribution is 5.43. The normalized spacial score (nSPS) is 17.6. The van der Waals surface area contributed by atoms with Crippen LogP contribution < -0.4 is 14.8 Å². The van der Waals surface area contributed by atoms with Crippen molar-refractivity contribution >= 4 is 0 Å². The van der Waals surface area contributed by atoms with E-state index in [4.69, 9.17) is 14.0 Å². The average Bonchev–Trinajstić information content (AvgIpc) is 2.97. The van der Waals surface area contributed by atoms with Crippen LogP contribution in [0.15, 0.2) is 29.1 Å². The Morgan fingerprint density at radius 3 is 3.21 bits per heavy atom. The fraction of sp³-hybridized carbons (Fsp3) is 0.385. The number of nitrogens with zero attached hydrogens (tertiary/aromatic N) is 2. The van der Waals surface area contributed by atoms with Crippen molar-refractivity contribution in [3.63, 3.8) is 0 Å². The van der Waals surface area contributed by atoms with Crippen molar-refractivity contribution in [1.29, 1.82) is 0 Å². The highest BCUT2D eigenvalue weighted by atomic mass is 16.5. The van der Waals surface area contributed by atoms with Gasteiger partial charge in [-0.05, 0) is 18.2 Å². The molecule has 3 rings (SSSR count). The van der Waals surface area contributed by atoms with Crippen LogP contribution in [0.3, 0.4) is 0 Å². The Bertz CT molecular complexity index is 542. The molecule has 19 heavy (non-hydrogen) atoms. The molecule has 6 nitrogen and oxygen atoms in total. The molecule has 1 N–H and O–H groups in total. The molecule has 1 atom stereocenters. The van der Waals surface area contributed by atoms with E-state index in [0.29, 0.717) is 19.0 Å². The number of methoxy groups -OCH3 is 1. The van der Waals surface area contributed by atoms with E-state index in [2.05, 4.69) is 15.5 Å². The highest BCUT2D eigenvalue weighted by Gasteiger charge is 2.22. The fourth-order valence-electron chi connectivity index (χ4n) is 2.20. The van der Waals surface area contributed by atoms with Gasteiger partial charge < -0.3 is 19.3 Å². The molecule has 1 aromatic heterocycles. The molecule has 0 amide bonds. The van der Waals surface area contributed by atoms with Gasteiger partial charge in [0, 0.05) is 18.0 Å². The van der Waals surface area contributed by atoms with Gasteiger partial charge in [0.15, 0.2) is 5.82 Å². The summed E-state index contributed by atoms with van der Waals surface area (Å²) in [6, 6.07) is 6.05. The molecule has 2 heterocycles. The Morgan fingerprint density at radius 2 is 2.42 bits per heavy atom. The molecule has 0 aliphatic carbocycles. The van der Waals surface area contributed by atoms with Crippen molar-refractivity contribution < 1.29 is 14.0 Å². The minimum absolute atomic E-state index is 0.206. The van der Waals surface area contributed by atoms with Crippen molar-refractivity contribution in [2.24, 2.45) is 0 Å². The van der Waals surface area contributed by atoms with Gasteiger partial charge in [-0.25, -0.2) is 0 Å². The average molecular weight is 261 g/mol. The lowest BCUT2D eigenvalue weighted by molar-refractivity contribution is 0.250. The first-order valence-corrected chi connectivity index (χ1v) is 6.16. The van der Waals surface area contributed by atoms with Crippen molar-refractivity contribution in [1.82, 2.24) is 15.5 Å². The fourth-order valence-corrected chi connectivity index (χ4v) is 2.20. The summed E-state index contributed by atoms with van der Waals surface area (Å²) in [5, 5.41) is 7.20. The van der Waals surface area contributed by atoms with E-state index >= 15 is 0 Å². The molecule has 0 saturated heterocycles. The van der Waals surface area contributed by atoms with Crippen LogP contribution in [0, 0.1) is 0 Å². The largest absolute Gasteiger partial charge is 0.497 e. The Hall–Kier alpha value is -2.08. The van der Waals surface area contributed by atoms with Crippen LogP contribution in [-0.4, -0.2) is 23.9 Å². The number of fused-ring (bicyclic) bond motifs is 1. The summed E-state index contributed by atoms with van der Waals surface area (Å²) in [5.41, 5.74) is 1.11. The van der Waals surface area contributed by atoms with Crippen LogP contribution in [-0.2, 0) is 6.54 Å². The van der Waals surface area contributed by atoms with E-state index in [1.807, 2.05) is 18.2 Å². The van der Waals surface area contributed by atoms with Crippen LogP contribution in [0.5, 0.6) is 11.5 Å². The zero-order valence-corrected chi connectivity index (χ0v) is 10.6. The quantitative estimate of drug-likeness (QED) is 0.903. The van der Waals surface area contributed by atoms with Crippen LogP contribution in [0.25, 0.3) is 0 Å². The van der Waals surface area contributed by atoms with E-state index in [-0.39, 0.29) is 6.04 Å². The number of benzene rings is 1. The molecule has 6 heteroatoms. The molecule has 1 aromatic carbocycles. The SMILES string of the molecule is COc1ccc2c(c1)C(NCc1ncon1)CCO2. The molecule has 0 fully saturated rings. The first-order chi connectivity index (χ1) is 9.36. The van der Waals surface area contributed by atoms with Gasteiger partial charge in [-0.1, -0.05) is 5.16 Å². The number of nitrogens with one attached hydrogen (secondary N) is 1. The number of hydrogen-bond donors (Lipinski definition) is 1. The Balaban J connectivity index is 1.77. The first-order valence-electron chi connectivity index (χ1n) is 6.16. The molecule has 100 valence electrons. The number of hydrogen-bond acceptors (Lipinski definition) is 6. The molecule has 1 aliphatic rings. The smallest absolute Gasteiger partial charge is 0.213 e. The lowest BCUT2D eigenvalue weighted by atomic mass is 10.00. The van der Waals surface area contributed by atoms with Crippen LogP contribution in [0.2, 0.25) is 0 Å². The lowest BCUT2D eigenvalue weighted by Crippen LogP contribution is -2.27. The second kappa shape index (κ2) is 5.27. The van der Waals surface area contributed by atoms with Crippen molar-refractivity contribution in [3.8, 4) is 11.5 Å². The molecular weight excluding hydrogens is 246 g/mol. The van der Waals surface area contributed by atoms with Crippen LogP contribution in [0.4, 0.5) is 0 Å². The standard InChI is InChI=1S/C13H15N3O3/c1-17-9-2-3-12-10(6-9)11(4-5-18-12)14-7-13-15-8-19-16-13/h2-3,6,8,11,14H,4-5,7H2,1H3. The van der Waals surface area contributed by atoms with Gasteiger partial charge in [-0.15, -0.1) is 0 Å². The van der Waals surface area contributed by atoms with Crippen LogP contribution in [0.1, 0.15) is 23.9 Å². The maximum atomic E-state index is 5.64. The van der Waals surface area contributed by atoms with Crippen LogP contribution >= 0.6 is 0 Å². The summed E-state index contributed by atoms with van der Waals surface area (Å²) in [6.45, 7) is 1.26. The Kier molecular flexibility index (Phi) is 3.33. The van der Waals surface area contributed by atoms with Gasteiger partial charge in [0.2, 0.25) is 6.39 Å². The summed E-state index contributed by atoms with van der Waals surface area (Å²) >= 11 is 0. The topological polar surface area (TPSA) is 69.4 Å². The van der Waals surface area contributed by atoms with Gasteiger partial charge in [-0.2, -0.15) is 4.98 Å². The summed E-state index contributed by atoms with van der Waals surface area (Å²) in [7, 11) is 1.66. The maximum Gasteiger partial charge on any atom is 0.213 e. The number of rotatable bonds is 4. The van der Waals surface area contributed by atoms with Gasteiger partial charge in [-0.3, -0.25) is 0 Å². The van der Waals surface area contributed by atoms with E-state index in [1.54, 1.807) is 7.11 Å². The second-order valence-corrected chi connectivity index (χ2v) is 4.32. The van der Waals surface area contributed by atoms with Gasteiger partial charge in [0.25, 0.3) is 0 Å². The molecule has 2 aromatic rings. The molecule has 1 aliphatic heterocycles. The molecular formula is C13H15N3O3. The van der Waals surface area contributed by atoms with Gasteiger partial charge >= 0.3 is 0 Å². The Labute approximate surface area is 110 Å². The van der Waals surface area contributed by atoms with Crippen molar-refractivity contribution in [3.05, 3.63) is 36.0 Å².